The first-order chi connectivity index (χ1) is 9.34. The van der Waals surface area contributed by atoms with E-state index in [4.69, 9.17) is 10.5 Å². The number of amides is 1. The van der Waals surface area contributed by atoms with Crippen molar-refractivity contribution in [2.45, 2.75) is 11.3 Å². The lowest BCUT2D eigenvalue weighted by Gasteiger charge is -2.16. The normalized spacial score (nSPS) is 11.2. The number of benzene rings is 1. The second-order valence-corrected chi connectivity index (χ2v) is 6.48. The molecule has 0 aliphatic heterocycles. The van der Waals surface area contributed by atoms with Crippen molar-refractivity contribution < 1.29 is 17.9 Å². The van der Waals surface area contributed by atoms with Gasteiger partial charge in [-0.1, -0.05) is 0 Å². The van der Waals surface area contributed by atoms with E-state index in [-0.39, 0.29) is 17.3 Å². The minimum atomic E-state index is -3.18. The monoisotopic (exact) mass is 300 g/mol. The Hall–Kier alpha value is -1.60. The van der Waals surface area contributed by atoms with Gasteiger partial charge in [-0.2, -0.15) is 0 Å². The molecule has 0 spiro atoms. The van der Waals surface area contributed by atoms with Crippen molar-refractivity contribution in [1.29, 1.82) is 0 Å². The number of nitrogens with zero attached hydrogens (tertiary/aromatic N) is 1. The molecule has 0 saturated carbocycles. The molecule has 1 aromatic rings. The summed E-state index contributed by atoms with van der Waals surface area (Å²) >= 11 is 0. The lowest BCUT2D eigenvalue weighted by Crippen LogP contribution is -2.33. The molecule has 0 aliphatic carbocycles. The fourth-order valence-electron chi connectivity index (χ4n) is 1.56. The van der Waals surface area contributed by atoms with E-state index in [9.17, 15) is 13.2 Å². The van der Waals surface area contributed by atoms with E-state index >= 15 is 0 Å². The fourth-order valence-corrected chi connectivity index (χ4v) is 2.19. The molecule has 1 amide bonds. The summed E-state index contributed by atoms with van der Waals surface area (Å²) in [6, 6.07) is 6.25. The third kappa shape index (κ3) is 5.18. The van der Waals surface area contributed by atoms with Gasteiger partial charge in [0.25, 0.3) is 0 Å². The van der Waals surface area contributed by atoms with Crippen LogP contribution < -0.4 is 10.5 Å². The molecule has 0 radical (unpaired) electrons. The Balaban J connectivity index is 2.38. The predicted octanol–water partition coefficient (Wildman–Crippen LogP) is 0.276. The van der Waals surface area contributed by atoms with Gasteiger partial charge in [0.05, 0.1) is 18.0 Å². The van der Waals surface area contributed by atoms with Crippen LogP contribution in [0.15, 0.2) is 29.2 Å². The number of likely N-dealkylation sites (N-methyl/N-ethyl adjacent to an activating group) is 1. The van der Waals surface area contributed by atoms with Crippen LogP contribution in [0.1, 0.15) is 6.42 Å². The minimum absolute atomic E-state index is 0.00428. The molecule has 20 heavy (non-hydrogen) atoms. The topological polar surface area (TPSA) is 89.7 Å². The van der Waals surface area contributed by atoms with Gasteiger partial charge in [-0.25, -0.2) is 8.42 Å². The molecular weight excluding hydrogens is 280 g/mol. The van der Waals surface area contributed by atoms with Crippen molar-refractivity contribution in [1.82, 2.24) is 4.90 Å². The highest BCUT2D eigenvalue weighted by atomic mass is 32.2. The third-order valence-electron chi connectivity index (χ3n) is 2.76. The highest BCUT2D eigenvalue weighted by molar-refractivity contribution is 7.90. The average molecular weight is 300 g/mol. The van der Waals surface area contributed by atoms with Crippen molar-refractivity contribution in [3.63, 3.8) is 0 Å². The molecule has 0 bridgehead atoms. The number of carbonyl (C=O) groups is 1. The molecule has 6 nitrogen and oxygen atoms in total. The zero-order valence-corrected chi connectivity index (χ0v) is 12.5. The second-order valence-electron chi connectivity index (χ2n) is 4.47. The van der Waals surface area contributed by atoms with Gasteiger partial charge in [-0.15, -0.1) is 0 Å². The van der Waals surface area contributed by atoms with Crippen molar-refractivity contribution in [3.8, 4) is 5.75 Å². The Labute approximate surface area is 119 Å². The molecule has 0 aromatic heterocycles. The number of carbonyl (C=O) groups excluding carboxylic acids is 1. The maximum absolute atomic E-state index is 11.3. The minimum Gasteiger partial charge on any atom is -0.494 e. The van der Waals surface area contributed by atoms with Crippen LogP contribution >= 0.6 is 0 Å². The molecule has 0 aliphatic rings. The number of ether oxygens (including phenoxy) is 1. The zero-order chi connectivity index (χ0) is 15.2. The SMILES string of the molecule is CN(CCCOc1ccc(S(C)(=O)=O)cc1)C(=O)CN. The number of hydrogen-bond donors (Lipinski definition) is 1. The first-order valence-electron chi connectivity index (χ1n) is 6.21. The van der Waals surface area contributed by atoms with Crippen molar-refractivity contribution in [2.75, 3.05) is 33.0 Å². The van der Waals surface area contributed by atoms with Crippen LogP contribution in [0.5, 0.6) is 5.75 Å². The quantitative estimate of drug-likeness (QED) is 0.730. The van der Waals surface area contributed by atoms with Gasteiger partial charge in [0.1, 0.15) is 5.75 Å². The van der Waals surface area contributed by atoms with E-state index in [1.54, 1.807) is 24.1 Å². The summed E-state index contributed by atoms with van der Waals surface area (Å²) in [7, 11) is -1.49. The summed E-state index contributed by atoms with van der Waals surface area (Å²) < 4.78 is 28.0. The fraction of sp³-hybridized carbons (Fsp3) is 0.462. The molecule has 1 rings (SSSR count). The van der Waals surface area contributed by atoms with Crippen LogP contribution in [0.4, 0.5) is 0 Å². The zero-order valence-electron chi connectivity index (χ0n) is 11.7. The molecule has 1 aromatic carbocycles. The van der Waals surface area contributed by atoms with Gasteiger partial charge in [0.15, 0.2) is 9.84 Å². The molecule has 0 unspecified atom stereocenters. The van der Waals surface area contributed by atoms with Crippen LogP contribution in [0.25, 0.3) is 0 Å². The molecule has 112 valence electrons. The third-order valence-corrected chi connectivity index (χ3v) is 3.89. The molecule has 0 saturated heterocycles. The Bertz CT molecular complexity index is 540. The Morgan fingerprint density at radius 3 is 2.40 bits per heavy atom. The lowest BCUT2D eigenvalue weighted by molar-refractivity contribution is -0.128. The highest BCUT2D eigenvalue weighted by Gasteiger charge is 2.07. The van der Waals surface area contributed by atoms with Crippen LogP contribution in [0, 0.1) is 0 Å². The van der Waals surface area contributed by atoms with E-state index in [1.807, 2.05) is 0 Å². The van der Waals surface area contributed by atoms with Gasteiger partial charge in [-0.05, 0) is 30.7 Å². The Morgan fingerprint density at radius 1 is 1.30 bits per heavy atom. The van der Waals surface area contributed by atoms with Gasteiger partial charge in [-0.3, -0.25) is 4.79 Å². The number of hydrogen-bond acceptors (Lipinski definition) is 5. The molecule has 2 N–H and O–H groups in total. The molecule has 7 heteroatoms. The van der Waals surface area contributed by atoms with E-state index in [1.165, 1.54) is 12.1 Å². The second kappa shape index (κ2) is 7.25. The summed E-state index contributed by atoms with van der Waals surface area (Å²) in [6.45, 7) is 1.02. The van der Waals surface area contributed by atoms with Crippen LogP contribution in [-0.2, 0) is 14.6 Å². The molecule has 0 fully saturated rings. The Morgan fingerprint density at radius 2 is 1.90 bits per heavy atom. The van der Waals surface area contributed by atoms with Crippen molar-refractivity contribution in [3.05, 3.63) is 24.3 Å². The number of sulfone groups is 1. The van der Waals surface area contributed by atoms with E-state index < -0.39 is 9.84 Å². The number of rotatable bonds is 7. The summed E-state index contributed by atoms with van der Waals surface area (Å²) in [5.41, 5.74) is 5.25. The van der Waals surface area contributed by atoms with Gasteiger partial charge < -0.3 is 15.4 Å². The van der Waals surface area contributed by atoms with Gasteiger partial charge >= 0.3 is 0 Å². The van der Waals surface area contributed by atoms with Crippen molar-refractivity contribution >= 4 is 15.7 Å². The summed E-state index contributed by atoms with van der Waals surface area (Å²) in [4.78, 5) is 13.0. The first kappa shape index (κ1) is 16.5. The lowest BCUT2D eigenvalue weighted by atomic mass is 10.3. The molecule has 0 atom stereocenters. The van der Waals surface area contributed by atoms with E-state index in [0.29, 0.717) is 25.3 Å². The summed E-state index contributed by atoms with van der Waals surface area (Å²) in [5.74, 6) is 0.493. The largest absolute Gasteiger partial charge is 0.494 e. The average Bonchev–Trinajstić information content (AvgIpc) is 2.42. The smallest absolute Gasteiger partial charge is 0.236 e. The summed E-state index contributed by atoms with van der Waals surface area (Å²) in [5, 5.41) is 0. The maximum atomic E-state index is 11.3. The predicted molar refractivity (Wildman–Crippen MR) is 76.4 cm³/mol. The van der Waals surface area contributed by atoms with Crippen LogP contribution in [0.2, 0.25) is 0 Å². The maximum Gasteiger partial charge on any atom is 0.236 e. The van der Waals surface area contributed by atoms with E-state index in [0.717, 1.165) is 6.26 Å². The van der Waals surface area contributed by atoms with Crippen molar-refractivity contribution in [2.24, 2.45) is 5.73 Å². The van der Waals surface area contributed by atoms with E-state index in [2.05, 4.69) is 0 Å². The molecular formula is C13H20N2O4S. The number of nitrogens with two attached hydrogens (primary N) is 1. The highest BCUT2D eigenvalue weighted by Crippen LogP contribution is 2.15. The van der Waals surface area contributed by atoms with Gasteiger partial charge in [0, 0.05) is 19.8 Å². The van der Waals surface area contributed by atoms with Gasteiger partial charge in [0.2, 0.25) is 5.91 Å². The summed E-state index contributed by atoms with van der Waals surface area (Å²) in [6.07, 6.45) is 1.84. The standard InChI is InChI=1S/C13H20N2O4S/c1-15(13(16)10-14)8-3-9-19-11-4-6-12(7-5-11)20(2,17)18/h4-7H,3,8-10,14H2,1-2H3. The van der Waals surface area contributed by atoms with Crippen LogP contribution in [-0.4, -0.2) is 52.2 Å². The van der Waals surface area contributed by atoms with Crippen LogP contribution in [0.3, 0.4) is 0 Å². The Kier molecular flexibility index (Phi) is 5.97. The molecule has 0 heterocycles. The first-order valence-corrected chi connectivity index (χ1v) is 8.10.